The maximum Gasteiger partial charge on any atom is 0.270 e. The number of carbonyl (C=O) groups is 1. The molecule has 1 aliphatic rings. The number of allylic oxidation sites excluding steroid dienone is 1. The SMILES string of the molecule is O=C(N[C@@H](CO)c1ccccc1)c1[nH]nc2c1CCCCC2=Cc1ccc(Cl)cc1. The molecule has 1 aromatic heterocycles. The molecule has 30 heavy (non-hydrogen) atoms. The number of fused-ring (bicyclic) bond motifs is 1. The number of aromatic amines is 1. The van der Waals surface area contributed by atoms with Crippen molar-refractivity contribution < 1.29 is 9.90 Å². The molecule has 0 bridgehead atoms. The van der Waals surface area contributed by atoms with Gasteiger partial charge in [0.25, 0.3) is 5.91 Å². The molecule has 1 heterocycles. The predicted molar refractivity (Wildman–Crippen MR) is 119 cm³/mol. The third kappa shape index (κ3) is 4.48. The summed E-state index contributed by atoms with van der Waals surface area (Å²) in [7, 11) is 0. The molecule has 1 amide bonds. The molecule has 1 aliphatic carbocycles. The fourth-order valence-electron chi connectivity index (χ4n) is 3.85. The average molecular weight is 422 g/mol. The van der Waals surface area contributed by atoms with Gasteiger partial charge in [-0.25, -0.2) is 0 Å². The molecule has 154 valence electrons. The molecule has 4 rings (SSSR count). The fraction of sp³-hybridized carbons (Fsp3) is 0.250. The lowest BCUT2D eigenvalue weighted by atomic mass is 10.0. The zero-order chi connectivity index (χ0) is 20.9. The Labute approximate surface area is 180 Å². The van der Waals surface area contributed by atoms with Crippen molar-refractivity contribution in [3.05, 3.63) is 87.7 Å². The van der Waals surface area contributed by atoms with Gasteiger partial charge in [-0.3, -0.25) is 9.89 Å². The standard InChI is InChI=1S/C24H24ClN3O2/c25-19-12-10-16(11-13-19)14-18-8-4-5-9-20-22(18)27-28-23(20)24(30)26-21(15-29)17-6-2-1-3-7-17/h1-3,6-7,10-14,21,29H,4-5,8-9,15H2,(H,26,30)(H,27,28)/t21-/m0/s1. The van der Waals surface area contributed by atoms with Crippen LogP contribution in [0.5, 0.6) is 0 Å². The van der Waals surface area contributed by atoms with Crippen LogP contribution in [0.25, 0.3) is 11.6 Å². The van der Waals surface area contributed by atoms with Crippen molar-refractivity contribution in [3.8, 4) is 0 Å². The molecule has 6 heteroatoms. The molecule has 0 aliphatic heterocycles. The molecule has 3 aromatic rings. The van der Waals surface area contributed by atoms with Crippen LogP contribution >= 0.6 is 11.6 Å². The highest BCUT2D eigenvalue weighted by atomic mass is 35.5. The van der Waals surface area contributed by atoms with E-state index in [2.05, 4.69) is 21.6 Å². The number of nitrogens with one attached hydrogen (secondary N) is 2. The first-order valence-corrected chi connectivity index (χ1v) is 10.5. The second-order valence-corrected chi connectivity index (χ2v) is 7.91. The van der Waals surface area contributed by atoms with Gasteiger partial charge >= 0.3 is 0 Å². The van der Waals surface area contributed by atoms with E-state index in [0.717, 1.165) is 53.6 Å². The van der Waals surface area contributed by atoms with E-state index in [1.165, 1.54) is 0 Å². The van der Waals surface area contributed by atoms with E-state index in [0.29, 0.717) is 10.7 Å². The molecule has 0 saturated heterocycles. The molecule has 1 atom stereocenters. The molecule has 5 nitrogen and oxygen atoms in total. The average Bonchev–Trinajstić information content (AvgIpc) is 3.10. The van der Waals surface area contributed by atoms with E-state index in [1.807, 2.05) is 54.6 Å². The predicted octanol–water partition coefficient (Wildman–Crippen LogP) is 4.79. The number of hydrogen-bond acceptors (Lipinski definition) is 3. The topological polar surface area (TPSA) is 78.0 Å². The first-order valence-electron chi connectivity index (χ1n) is 10.2. The van der Waals surface area contributed by atoms with Crippen molar-refractivity contribution in [2.75, 3.05) is 6.61 Å². The smallest absolute Gasteiger partial charge is 0.270 e. The highest BCUT2D eigenvalue weighted by Crippen LogP contribution is 2.32. The van der Waals surface area contributed by atoms with Crippen LogP contribution in [0, 0.1) is 0 Å². The van der Waals surface area contributed by atoms with Crippen LogP contribution in [0.1, 0.15) is 58.2 Å². The highest BCUT2D eigenvalue weighted by Gasteiger charge is 2.25. The van der Waals surface area contributed by atoms with Crippen molar-refractivity contribution in [3.63, 3.8) is 0 Å². The lowest BCUT2D eigenvalue weighted by Crippen LogP contribution is -2.31. The summed E-state index contributed by atoms with van der Waals surface area (Å²) in [6, 6.07) is 16.7. The first-order chi connectivity index (χ1) is 14.7. The van der Waals surface area contributed by atoms with Crippen molar-refractivity contribution in [2.45, 2.75) is 31.7 Å². The minimum absolute atomic E-state index is 0.173. The Morgan fingerprint density at radius 2 is 1.87 bits per heavy atom. The van der Waals surface area contributed by atoms with Crippen molar-refractivity contribution in [1.82, 2.24) is 15.5 Å². The Kier molecular flexibility index (Phi) is 6.31. The number of aromatic nitrogens is 2. The number of carbonyl (C=O) groups excluding carboxylic acids is 1. The van der Waals surface area contributed by atoms with Crippen LogP contribution in [-0.4, -0.2) is 27.8 Å². The van der Waals surface area contributed by atoms with E-state index >= 15 is 0 Å². The number of hydrogen-bond donors (Lipinski definition) is 3. The first kappa shape index (κ1) is 20.4. The number of H-pyrrole nitrogens is 1. The molecule has 0 fully saturated rings. The van der Waals surface area contributed by atoms with Crippen LogP contribution in [0.2, 0.25) is 5.02 Å². The number of rotatable bonds is 5. The number of benzene rings is 2. The van der Waals surface area contributed by atoms with Gasteiger partial charge in [0.2, 0.25) is 0 Å². The maximum absolute atomic E-state index is 13.0. The lowest BCUT2D eigenvalue weighted by molar-refractivity contribution is 0.0910. The van der Waals surface area contributed by atoms with Gasteiger partial charge in [0.1, 0.15) is 5.69 Å². The summed E-state index contributed by atoms with van der Waals surface area (Å²) in [6.07, 6.45) is 5.85. The summed E-state index contributed by atoms with van der Waals surface area (Å²) >= 11 is 6.00. The zero-order valence-corrected chi connectivity index (χ0v) is 17.3. The minimum atomic E-state index is -0.465. The summed E-state index contributed by atoms with van der Waals surface area (Å²) in [6.45, 7) is -0.173. The van der Waals surface area contributed by atoms with Gasteiger partial charge in [-0.1, -0.05) is 54.1 Å². The van der Waals surface area contributed by atoms with Crippen LogP contribution in [-0.2, 0) is 6.42 Å². The van der Waals surface area contributed by atoms with Crippen LogP contribution in [0.4, 0.5) is 0 Å². The number of amides is 1. The molecule has 0 saturated carbocycles. The molecule has 3 N–H and O–H groups in total. The molecular formula is C24H24ClN3O2. The molecule has 2 aromatic carbocycles. The van der Waals surface area contributed by atoms with Gasteiger partial charge in [-0.05, 0) is 60.6 Å². The third-order valence-electron chi connectivity index (χ3n) is 5.42. The lowest BCUT2D eigenvalue weighted by Gasteiger charge is -2.16. The second kappa shape index (κ2) is 9.28. The van der Waals surface area contributed by atoms with E-state index in [4.69, 9.17) is 11.6 Å². The molecule has 0 radical (unpaired) electrons. The van der Waals surface area contributed by atoms with Crippen molar-refractivity contribution in [2.24, 2.45) is 0 Å². The Bertz CT molecular complexity index is 1040. The summed E-state index contributed by atoms with van der Waals surface area (Å²) in [5.74, 6) is -0.251. The fourth-order valence-corrected chi connectivity index (χ4v) is 3.97. The van der Waals surface area contributed by atoms with E-state index < -0.39 is 6.04 Å². The van der Waals surface area contributed by atoms with Gasteiger partial charge in [0.05, 0.1) is 18.3 Å². The second-order valence-electron chi connectivity index (χ2n) is 7.47. The zero-order valence-electron chi connectivity index (χ0n) is 16.6. The van der Waals surface area contributed by atoms with Crippen molar-refractivity contribution in [1.29, 1.82) is 0 Å². The number of nitrogens with zero attached hydrogens (tertiary/aromatic N) is 1. The Morgan fingerprint density at radius 3 is 2.60 bits per heavy atom. The van der Waals surface area contributed by atoms with E-state index in [-0.39, 0.29) is 12.5 Å². The number of aliphatic hydroxyl groups is 1. The number of halogens is 1. The normalized spacial score (nSPS) is 16.0. The van der Waals surface area contributed by atoms with Gasteiger partial charge in [-0.15, -0.1) is 0 Å². The molecule has 0 spiro atoms. The Balaban J connectivity index is 1.61. The molecule has 0 unspecified atom stereocenters. The minimum Gasteiger partial charge on any atom is -0.394 e. The van der Waals surface area contributed by atoms with Crippen LogP contribution in [0.3, 0.4) is 0 Å². The van der Waals surface area contributed by atoms with E-state index in [9.17, 15) is 9.90 Å². The number of aliphatic hydroxyl groups excluding tert-OH is 1. The van der Waals surface area contributed by atoms with Crippen LogP contribution in [0.15, 0.2) is 54.6 Å². The third-order valence-corrected chi connectivity index (χ3v) is 5.67. The van der Waals surface area contributed by atoms with Gasteiger partial charge in [0.15, 0.2) is 0 Å². The highest BCUT2D eigenvalue weighted by molar-refractivity contribution is 6.30. The van der Waals surface area contributed by atoms with Crippen LogP contribution < -0.4 is 5.32 Å². The quantitative estimate of drug-likeness (QED) is 0.518. The van der Waals surface area contributed by atoms with Gasteiger partial charge in [0, 0.05) is 10.6 Å². The summed E-state index contributed by atoms with van der Waals surface area (Å²) < 4.78 is 0. The van der Waals surface area contributed by atoms with Gasteiger partial charge < -0.3 is 10.4 Å². The Hall–Kier alpha value is -2.89. The summed E-state index contributed by atoms with van der Waals surface area (Å²) in [4.78, 5) is 13.0. The molecular weight excluding hydrogens is 398 g/mol. The van der Waals surface area contributed by atoms with Gasteiger partial charge in [-0.2, -0.15) is 5.10 Å². The largest absolute Gasteiger partial charge is 0.394 e. The van der Waals surface area contributed by atoms with Crippen molar-refractivity contribution >= 4 is 29.2 Å². The summed E-state index contributed by atoms with van der Waals surface area (Å²) in [5, 5.41) is 20.9. The Morgan fingerprint density at radius 1 is 1.13 bits per heavy atom. The van der Waals surface area contributed by atoms with E-state index in [1.54, 1.807) is 0 Å². The maximum atomic E-state index is 13.0. The monoisotopic (exact) mass is 421 g/mol. The summed E-state index contributed by atoms with van der Waals surface area (Å²) in [5.41, 5.74) is 5.30.